The molecule has 1 saturated heterocycles. The van der Waals surface area contributed by atoms with Crippen LogP contribution in [0.5, 0.6) is 0 Å². The van der Waals surface area contributed by atoms with Crippen molar-refractivity contribution in [3.8, 4) is 11.4 Å². The van der Waals surface area contributed by atoms with Crippen molar-refractivity contribution < 1.29 is 9.18 Å². The first kappa shape index (κ1) is 19.2. The molecule has 0 amide bonds. The van der Waals surface area contributed by atoms with Crippen LogP contribution in [-0.2, 0) is 0 Å². The molecule has 1 aliphatic heterocycles. The average molecular weight is 390 g/mol. The largest absolute Gasteiger partial charge is 0.356 e. The number of aryl methyl sites for hydroxylation is 1. The third-order valence-electron chi connectivity index (χ3n) is 5.60. The zero-order valence-corrected chi connectivity index (χ0v) is 16.6. The highest BCUT2D eigenvalue weighted by molar-refractivity contribution is 5.98. The van der Waals surface area contributed by atoms with Crippen LogP contribution in [0.1, 0.15) is 34.5 Å². The maximum Gasteiger partial charge on any atom is 0.166 e. The third kappa shape index (κ3) is 4.01. The van der Waals surface area contributed by atoms with E-state index in [1.54, 1.807) is 24.5 Å². The van der Waals surface area contributed by atoms with E-state index in [4.69, 9.17) is 4.98 Å². The van der Waals surface area contributed by atoms with E-state index in [2.05, 4.69) is 14.9 Å². The lowest BCUT2D eigenvalue weighted by Crippen LogP contribution is -2.37. The molecule has 6 heteroatoms. The van der Waals surface area contributed by atoms with Gasteiger partial charge in [0, 0.05) is 53.8 Å². The van der Waals surface area contributed by atoms with Crippen molar-refractivity contribution in [3.05, 3.63) is 71.4 Å². The second-order valence-electron chi connectivity index (χ2n) is 7.45. The van der Waals surface area contributed by atoms with Gasteiger partial charge in [0.1, 0.15) is 11.6 Å². The first-order valence-electron chi connectivity index (χ1n) is 9.83. The molecule has 0 aliphatic carbocycles. The summed E-state index contributed by atoms with van der Waals surface area (Å²) < 4.78 is 13.1. The van der Waals surface area contributed by atoms with Crippen LogP contribution in [0.25, 0.3) is 11.4 Å². The summed E-state index contributed by atoms with van der Waals surface area (Å²) >= 11 is 0. The molecule has 0 N–H and O–H groups in total. The van der Waals surface area contributed by atoms with E-state index in [1.807, 2.05) is 26.0 Å². The van der Waals surface area contributed by atoms with Gasteiger partial charge in [-0.1, -0.05) is 0 Å². The van der Waals surface area contributed by atoms with Crippen molar-refractivity contribution in [1.82, 2.24) is 15.0 Å². The molecule has 3 heterocycles. The Balaban J connectivity index is 1.52. The molecule has 1 aliphatic rings. The van der Waals surface area contributed by atoms with Crippen LogP contribution in [0.3, 0.4) is 0 Å². The lowest BCUT2D eigenvalue weighted by atomic mass is 9.89. The van der Waals surface area contributed by atoms with Crippen LogP contribution in [0, 0.1) is 25.6 Å². The number of halogens is 1. The summed E-state index contributed by atoms with van der Waals surface area (Å²) in [6.07, 6.45) is 4.98. The lowest BCUT2D eigenvalue weighted by molar-refractivity contribution is 0.0900. The molecule has 1 aromatic carbocycles. The highest BCUT2D eigenvalue weighted by atomic mass is 19.1. The van der Waals surface area contributed by atoms with Crippen LogP contribution in [0.2, 0.25) is 0 Å². The van der Waals surface area contributed by atoms with E-state index in [1.165, 1.54) is 12.1 Å². The monoisotopic (exact) mass is 390 g/mol. The summed E-state index contributed by atoms with van der Waals surface area (Å²) in [7, 11) is 0. The number of rotatable bonds is 4. The first-order valence-corrected chi connectivity index (χ1v) is 9.83. The van der Waals surface area contributed by atoms with E-state index >= 15 is 0 Å². The van der Waals surface area contributed by atoms with Crippen molar-refractivity contribution in [2.75, 3.05) is 18.0 Å². The van der Waals surface area contributed by atoms with Crippen LogP contribution in [0.4, 0.5) is 10.2 Å². The number of hydrogen-bond acceptors (Lipinski definition) is 5. The SMILES string of the molecule is Cc1nc(-c2ccncc2)nc(N2CCC(C(=O)c3ccc(F)cc3)CC2)c1C. The van der Waals surface area contributed by atoms with E-state index in [9.17, 15) is 9.18 Å². The minimum atomic E-state index is -0.323. The molecular weight excluding hydrogens is 367 g/mol. The Hall–Kier alpha value is -3.15. The molecule has 1 fully saturated rings. The van der Waals surface area contributed by atoms with Gasteiger partial charge in [0.15, 0.2) is 11.6 Å². The van der Waals surface area contributed by atoms with Gasteiger partial charge in [-0.15, -0.1) is 0 Å². The average Bonchev–Trinajstić information content (AvgIpc) is 2.76. The quantitative estimate of drug-likeness (QED) is 0.618. The molecule has 2 aromatic heterocycles. The maximum atomic E-state index is 13.1. The van der Waals surface area contributed by atoms with Crippen molar-refractivity contribution in [2.24, 2.45) is 5.92 Å². The van der Waals surface area contributed by atoms with Crippen molar-refractivity contribution in [1.29, 1.82) is 0 Å². The van der Waals surface area contributed by atoms with E-state index in [0.717, 1.165) is 48.6 Å². The predicted molar refractivity (Wildman–Crippen MR) is 110 cm³/mol. The zero-order chi connectivity index (χ0) is 20.4. The molecular formula is C23H23FN4O. The van der Waals surface area contributed by atoms with Gasteiger partial charge >= 0.3 is 0 Å². The van der Waals surface area contributed by atoms with Crippen LogP contribution >= 0.6 is 0 Å². The van der Waals surface area contributed by atoms with Gasteiger partial charge in [-0.3, -0.25) is 9.78 Å². The van der Waals surface area contributed by atoms with E-state index in [-0.39, 0.29) is 17.5 Å². The van der Waals surface area contributed by atoms with Gasteiger partial charge in [0.2, 0.25) is 0 Å². The minimum absolute atomic E-state index is 0.0420. The fraction of sp³-hybridized carbons (Fsp3) is 0.304. The second kappa shape index (κ2) is 8.07. The molecule has 0 spiro atoms. The van der Waals surface area contributed by atoms with Gasteiger partial charge in [0.25, 0.3) is 0 Å². The fourth-order valence-electron chi connectivity index (χ4n) is 3.75. The Morgan fingerprint density at radius 2 is 1.66 bits per heavy atom. The van der Waals surface area contributed by atoms with Crippen LogP contribution < -0.4 is 4.90 Å². The number of Topliss-reactive ketones (excluding diaryl/α,β-unsaturated/α-hetero) is 1. The van der Waals surface area contributed by atoms with Gasteiger partial charge in [-0.25, -0.2) is 14.4 Å². The molecule has 0 atom stereocenters. The number of anilines is 1. The van der Waals surface area contributed by atoms with Gasteiger partial charge in [0.05, 0.1) is 0 Å². The standard InChI is InChI=1S/C23H23FN4O/c1-15-16(2)26-22(19-7-11-25-12-8-19)27-23(15)28-13-9-18(10-14-28)21(29)17-3-5-20(24)6-4-17/h3-8,11-12,18H,9-10,13-14H2,1-2H3. The third-order valence-corrected chi connectivity index (χ3v) is 5.60. The molecule has 0 unspecified atom stereocenters. The molecule has 3 aromatic rings. The topological polar surface area (TPSA) is 59.0 Å². The number of ketones is 1. The number of carbonyl (C=O) groups is 1. The molecule has 29 heavy (non-hydrogen) atoms. The first-order chi connectivity index (χ1) is 14.0. The number of nitrogens with zero attached hydrogens (tertiary/aromatic N) is 4. The Kier molecular flexibility index (Phi) is 5.34. The van der Waals surface area contributed by atoms with Crippen LogP contribution in [-0.4, -0.2) is 33.8 Å². The molecule has 0 radical (unpaired) electrons. The van der Waals surface area contributed by atoms with Crippen molar-refractivity contribution in [3.63, 3.8) is 0 Å². The summed E-state index contributed by atoms with van der Waals surface area (Å²) in [6, 6.07) is 9.64. The predicted octanol–water partition coefficient (Wildman–Crippen LogP) is 4.39. The van der Waals surface area contributed by atoms with Crippen molar-refractivity contribution >= 4 is 11.6 Å². The fourth-order valence-corrected chi connectivity index (χ4v) is 3.75. The summed E-state index contributed by atoms with van der Waals surface area (Å²) in [5.74, 6) is 1.35. The number of piperidine rings is 1. The molecule has 5 nitrogen and oxygen atoms in total. The molecule has 148 valence electrons. The Morgan fingerprint density at radius 3 is 2.31 bits per heavy atom. The number of pyridine rings is 1. The molecule has 0 bridgehead atoms. The summed E-state index contributed by atoms with van der Waals surface area (Å²) in [5, 5.41) is 0. The highest BCUT2D eigenvalue weighted by Gasteiger charge is 2.27. The Bertz CT molecular complexity index is 1010. The number of aromatic nitrogens is 3. The summed E-state index contributed by atoms with van der Waals surface area (Å²) in [5.41, 5.74) is 3.53. The highest BCUT2D eigenvalue weighted by Crippen LogP contribution is 2.29. The normalized spacial score (nSPS) is 14.8. The number of carbonyl (C=O) groups excluding carboxylic acids is 1. The lowest BCUT2D eigenvalue weighted by Gasteiger charge is -2.33. The maximum absolute atomic E-state index is 13.1. The van der Waals surface area contributed by atoms with Gasteiger partial charge in [-0.05, 0) is 63.1 Å². The smallest absolute Gasteiger partial charge is 0.166 e. The van der Waals surface area contributed by atoms with Gasteiger partial charge < -0.3 is 4.90 Å². The minimum Gasteiger partial charge on any atom is -0.356 e. The van der Waals surface area contributed by atoms with E-state index in [0.29, 0.717) is 11.4 Å². The Morgan fingerprint density at radius 1 is 1.00 bits per heavy atom. The summed E-state index contributed by atoms with van der Waals surface area (Å²) in [6.45, 7) is 5.54. The van der Waals surface area contributed by atoms with Crippen LogP contribution in [0.15, 0.2) is 48.8 Å². The Labute approximate surface area is 169 Å². The molecule has 4 rings (SSSR count). The van der Waals surface area contributed by atoms with Crippen molar-refractivity contribution in [2.45, 2.75) is 26.7 Å². The summed E-state index contributed by atoms with van der Waals surface area (Å²) in [4.78, 5) is 28.5. The molecule has 0 saturated carbocycles. The zero-order valence-electron chi connectivity index (χ0n) is 16.6. The number of hydrogen-bond donors (Lipinski definition) is 0. The van der Waals surface area contributed by atoms with Gasteiger partial charge in [-0.2, -0.15) is 0 Å². The van der Waals surface area contributed by atoms with E-state index < -0.39 is 0 Å². The number of benzene rings is 1. The second-order valence-corrected chi connectivity index (χ2v) is 7.45.